The molecular weight excluding hydrogens is 625 g/mol. The molecule has 4 aromatic carbocycles. The highest BCUT2D eigenvalue weighted by molar-refractivity contribution is 7.87. The predicted octanol–water partition coefficient (Wildman–Crippen LogP) is 3.40. The summed E-state index contributed by atoms with van der Waals surface area (Å²) in [5.41, 5.74) is 4.74. The third kappa shape index (κ3) is 6.30. The molecule has 0 aromatic heterocycles. The SMILES string of the molecule is Cc1cc(-c2ccc(C3O[C@H](CO)[C@@H](O)[C@H](O)[C@H]3O)cc2)ccc1[C@@H]1[C@@H](S(=O)CC(=O)c2ccc(F)cc2)C(=O)N1c1ccccc1. The molecule has 2 heterocycles. The molecule has 2 aliphatic rings. The monoisotopic (exact) mass is 659 g/mol. The lowest BCUT2D eigenvalue weighted by Crippen LogP contribution is -2.61. The van der Waals surface area contributed by atoms with Gasteiger partial charge in [0.05, 0.1) is 18.4 Å². The number of carbonyl (C=O) groups excluding carboxylic acids is 2. The Balaban J connectivity index is 1.26. The summed E-state index contributed by atoms with van der Waals surface area (Å²) in [6, 6.07) is 26.3. The van der Waals surface area contributed by atoms with Crippen molar-refractivity contribution in [1.82, 2.24) is 0 Å². The number of benzene rings is 4. The number of carbonyl (C=O) groups is 2. The van der Waals surface area contributed by atoms with E-state index >= 15 is 0 Å². The smallest absolute Gasteiger partial charge is 0.245 e. The lowest BCUT2D eigenvalue weighted by Gasteiger charge is -2.47. The van der Waals surface area contributed by atoms with E-state index in [2.05, 4.69) is 0 Å². The molecule has 2 aliphatic heterocycles. The second-order valence-corrected chi connectivity index (χ2v) is 13.4. The van der Waals surface area contributed by atoms with Crippen molar-refractivity contribution in [2.24, 2.45) is 0 Å². The zero-order valence-corrected chi connectivity index (χ0v) is 26.2. The number of para-hydroxylation sites is 1. The molecule has 4 aromatic rings. The molecule has 1 amide bonds. The van der Waals surface area contributed by atoms with Gasteiger partial charge in [0.1, 0.15) is 41.6 Å². The first-order valence-corrected chi connectivity index (χ1v) is 16.5. The number of Topliss-reactive ketones (excluding diaryl/α,β-unsaturated/α-hetero) is 1. The quantitative estimate of drug-likeness (QED) is 0.158. The lowest BCUT2D eigenvalue weighted by molar-refractivity contribution is -0.231. The van der Waals surface area contributed by atoms with E-state index in [1.165, 1.54) is 24.3 Å². The van der Waals surface area contributed by atoms with Crippen molar-refractivity contribution in [2.45, 2.75) is 48.7 Å². The van der Waals surface area contributed by atoms with E-state index in [0.29, 0.717) is 11.3 Å². The molecule has 0 bridgehead atoms. The number of halogens is 1. The van der Waals surface area contributed by atoms with Crippen LogP contribution in [0.25, 0.3) is 11.1 Å². The number of anilines is 1. The molecule has 0 saturated carbocycles. The van der Waals surface area contributed by atoms with E-state index in [0.717, 1.165) is 22.3 Å². The zero-order chi connectivity index (χ0) is 33.4. The van der Waals surface area contributed by atoms with Crippen molar-refractivity contribution in [1.29, 1.82) is 0 Å². The number of ketones is 1. The minimum absolute atomic E-state index is 0.223. The van der Waals surface area contributed by atoms with Gasteiger partial charge in [0.25, 0.3) is 0 Å². The van der Waals surface area contributed by atoms with Gasteiger partial charge < -0.3 is 30.1 Å². The third-order valence-corrected chi connectivity index (χ3v) is 10.4. The Bertz CT molecular complexity index is 1780. The van der Waals surface area contributed by atoms with Gasteiger partial charge in [-0.2, -0.15) is 0 Å². The van der Waals surface area contributed by atoms with Gasteiger partial charge in [-0.05, 0) is 71.1 Å². The highest BCUT2D eigenvalue weighted by atomic mass is 32.2. The fourth-order valence-corrected chi connectivity index (χ4v) is 7.76. The van der Waals surface area contributed by atoms with E-state index in [9.17, 15) is 38.6 Å². The van der Waals surface area contributed by atoms with E-state index < -0.39 is 70.8 Å². The Hall–Kier alpha value is -4.10. The average molecular weight is 660 g/mol. The first kappa shape index (κ1) is 32.8. The number of ether oxygens (including phenoxy) is 1. The molecule has 2 saturated heterocycles. The van der Waals surface area contributed by atoms with Crippen molar-refractivity contribution in [3.8, 4) is 11.1 Å². The van der Waals surface area contributed by atoms with Crippen molar-refractivity contribution in [2.75, 3.05) is 17.3 Å². The average Bonchev–Trinajstić information content (AvgIpc) is 3.07. The minimum Gasteiger partial charge on any atom is -0.394 e. The Morgan fingerprint density at radius 1 is 0.872 bits per heavy atom. The van der Waals surface area contributed by atoms with Gasteiger partial charge in [-0.25, -0.2) is 4.39 Å². The van der Waals surface area contributed by atoms with Crippen molar-refractivity contribution >= 4 is 28.2 Å². The molecule has 9 nitrogen and oxygen atoms in total. The molecule has 0 aliphatic carbocycles. The van der Waals surface area contributed by atoms with E-state index in [-0.39, 0.29) is 17.2 Å². The number of aliphatic hydroxyl groups excluding tert-OH is 4. The molecule has 244 valence electrons. The Morgan fingerprint density at radius 3 is 2.17 bits per heavy atom. The molecule has 0 spiro atoms. The second kappa shape index (κ2) is 13.6. The van der Waals surface area contributed by atoms with Gasteiger partial charge >= 0.3 is 0 Å². The van der Waals surface area contributed by atoms with E-state index in [1.807, 2.05) is 55.5 Å². The summed E-state index contributed by atoms with van der Waals surface area (Å²) in [6.07, 6.45) is -6.27. The summed E-state index contributed by atoms with van der Waals surface area (Å²) < 4.78 is 32.7. The van der Waals surface area contributed by atoms with E-state index in [1.54, 1.807) is 29.2 Å². The fraction of sp³-hybridized carbons (Fsp3) is 0.278. The number of amides is 1. The maximum absolute atomic E-state index is 13.6. The summed E-state index contributed by atoms with van der Waals surface area (Å²) in [4.78, 5) is 28.0. The summed E-state index contributed by atoms with van der Waals surface area (Å²) in [5, 5.41) is 39.4. The summed E-state index contributed by atoms with van der Waals surface area (Å²) in [7, 11) is -1.85. The van der Waals surface area contributed by atoms with Crippen LogP contribution >= 0.6 is 0 Å². The van der Waals surface area contributed by atoms with Gasteiger partial charge in [-0.15, -0.1) is 0 Å². The van der Waals surface area contributed by atoms with Crippen LogP contribution in [0, 0.1) is 12.7 Å². The normalized spacial score (nSPS) is 26.5. The van der Waals surface area contributed by atoms with Crippen LogP contribution in [-0.2, 0) is 20.3 Å². The van der Waals surface area contributed by atoms with Crippen LogP contribution in [0.4, 0.5) is 10.1 Å². The molecular formula is C36H34FNO8S. The van der Waals surface area contributed by atoms with Crippen molar-refractivity contribution in [3.05, 3.63) is 125 Å². The Morgan fingerprint density at radius 2 is 1.53 bits per heavy atom. The minimum atomic E-state index is -1.85. The first-order valence-electron chi connectivity index (χ1n) is 15.1. The van der Waals surface area contributed by atoms with Crippen LogP contribution in [-0.4, -0.2) is 78.4 Å². The topological polar surface area (TPSA) is 145 Å². The molecule has 2 unspecified atom stereocenters. The van der Waals surface area contributed by atoms with Gasteiger partial charge in [-0.3, -0.25) is 13.8 Å². The molecule has 0 radical (unpaired) electrons. The summed E-state index contributed by atoms with van der Waals surface area (Å²) in [5.74, 6) is -1.65. The predicted molar refractivity (Wildman–Crippen MR) is 174 cm³/mol. The third-order valence-electron chi connectivity index (χ3n) is 8.86. The second-order valence-electron chi connectivity index (χ2n) is 11.8. The highest BCUT2D eigenvalue weighted by Crippen LogP contribution is 2.44. The van der Waals surface area contributed by atoms with Crippen LogP contribution in [0.3, 0.4) is 0 Å². The molecule has 6 rings (SSSR count). The number of aryl methyl sites for hydroxylation is 1. The zero-order valence-electron chi connectivity index (χ0n) is 25.3. The van der Waals surface area contributed by atoms with Crippen molar-refractivity contribution < 1.29 is 43.4 Å². The number of nitrogens with zero attached hydrogens (tertiary/aromatic N) is 1. The Kier molecular flexibility index (Phi) is 9.47. The highest BCUT2D eigenvalue weighted by Gasteiger charge is 2.53. The van der Waals surface area contributed by atoms with Crippen LogP contribution in [0.5, 0.6) is 0 Å². The van der Waals surface area contributed by atoms with Crippen LogP contribution in [0.2, 0.25) is 0 Å². The molecule has 2 fully saturated rings. The first-order chi connectivity index (χ1) is 22.6. The summed E-state index contributed by atoms with van der Waals surface area (Å²) in [6.45, 7) is 1.38. The number of hydrogen-bond donors (Lipinski definition) is 4. The fourth-order valence-electron chi connectivity index (χ4n) is 6.26. The number of β-lactam (4-membered cyclic amide) rings is 1. The maximum Gasteiger partial charge on any atom is 0.245 e. The lowest BCUT2D eigenvalue weighted by atomic mass is 9.87. The van der Waals surface area contributed by atoms with Crippen LogP contribution in [0.1, 0.15) is 39.2 Å². The van der Waals surface area contributed by atoms with Crippen molar-refractivity contribution in [3.63, 3.8) is 0 Å². The maximum atomic E-state index is 13.6. The molecule has 8 atom stereocenters. The Labute approximate surface area is 273 Å². The summed E-state index contributed by atoms with van der Waals surface area (Å²) >= 11 is 0. The van der Waals surface area contributed by atoms with Gasteiger partial charge in [-0.1, -0.05) is 60.7 Å². The largest absolute Gasteiger partial charge is 0.394 e. The molecule has 4 N–H and O–H groups in total. The number of aliphatic hydroxyl groups is 4. The van der Waals surface area contributed by atoms with Gasteiger partial charge in [0.15, 0.2) is 5.78 Å². The van der Waals surface area contributed by atoms with Crippen LogP contribution < -0.4 is 4.90 Å². The van der Waals surface area contributed by atoms with E-state index in [4.69, 9.17) is 4.74 Å². The van der Waals surface area contributed by atoms with Gasteiger partial charge in [0, 0.05) is 22.1 Å². The number of hydrogen-bond acceptors (Lipinski definition) is 8. The van der Waals surface area contributed by atoms with Gasteiger partial charge in [0.2, 0.25) is 5.91 Å². The number of rotatable bonds is 9. The molecule has 47 heavy (non-hydrogen) atoms. The standard InChI is InChI=1S/C36H34FNO8S/c1-20-17-24(21-7-9-23(10-8-21)34-33(43)32(42)31(41)29(18-39)46-34)13-16-27(20)30-35(36(44)38(30)26-5-3-2-4-6-26)47(45)19-28(40)22-11-14-25(37)15-12-22/h2-17,29-35,39,41-43H,18-19H2,1H3/t29-,30-,31-,32+,33-,34?,35-,47?/m1/s1. The van der Waals surface area contributed by atoms with Crippen LogP contribution in [0.15, 0.2) is 97.1 Å². The molecule has 11 heteroatoms.